The van der Waals surface area contributed by atoms with Crippen LogP contribution in [0.5, 0.6) is 5.75 Å². The number of ether oxygens (including phenoxy) is 2. The molecule has 4 nitrogen and oxygen atoms in total. The van der Waals surface area contributed by atoms with Crippen molar-refractivity contribution in [3.8, 4) is 5.75 Å². The molecule has 1 unspecified atom stereocenters. The summed E-state index contributed by atoms with van der Waals surface area (Å²) in [5.74, 6) is 0.439. The number of likely N-dealkylation sites (N-methyl/N-ethyl adjacent to an activating group) is 1. The normalized spacial score (nSPS) is 13.7. The van der Waals surface area contributed by atoms with E-state index in [1.165, 1.54) is 18.2 Å². The predicted octanol–water partition coefficient (Wildman–Crippen LogP) is 2.22. The lowest BCUT2D eigenvalue weighted by Gasteiger charge is -2.27. The van der Waals surface area contributed by atoms with E-state index in [-0.39, 0.29) is 12.6 Å². The number of methoxy groups -OCH3 is 1. The van der Waals surface area contributed by atoms with Crippen LogP contribution in [-0.4, -0.2) is 31.8 Å². The number of hydrogen-bond donors (Lipinski definition) is 1. The minimum absolute atomic E-state index is 0.232. The van der Waals surface area contributed by atoms with E-state index in [2.05, 4.69) is 12.2 Å². The van der Waals surface area contributed by atoms with Crippen molar-refractivity contribution in [2.75, 3.05) is 20.3 Å². The number of benzene rings is 1. The molecule has 1 rings (SSSR count). The van der Waals surface area contributed by atoms with Crippen molar-refractivity contribution >= 4 is 5.97 Å². The lowest BCUT2D eigenvalue weighted by molar-refractivity contribution is -0.149. The standard InChI is InChI=1S/C15H23NO3/c1-6-16-15(4,14(17)18-5)10-19-13-8-7-11(2)12(3)9-13/h7-9,16H,6,10H2,1-5H3. The van der Waals surface area contributed by atoms with Crippen LogP contribution in [0, 0.1) is 13.8 Å². The van der Waals surface area contributed by atoms with Crippen LogP contribution in [-0.2, 0) is 9.53 Å². The lowest BCUT2D eigenvalue weighted by Crippen LogP contribution is -2.54. The van der Waals surface area contributed by atoms with E-state index in [0.717, 1.165) is 5.75 Å². The van der Waals surface area contributed by atoms with Gasteiger partial charge >= 0.3 is 5.97 Å². The highest BCUT2D eigenvalue weighted by Gasteiger charge is 2.34. The van der Waals surface area contributed by atoms with Crippen molar-refractivity contribution in [3.63, 3.8) is 0 Å². The second-order valence-electron chi connectivity index (χ2n) is 4.89. The molecule has 0 heterocycles. The van der Waals surface area contributed by atoms with Gasteiger partial charge in [-0.05, 0) is 50.6 Å². The molecule has 0 aliphatic carbocycles. The van der Waals surface area contributed by atoms with Gasteiger partial charge < -0.3 is 9.47 Å². The van der Waals surface area contributed by atoms with Gasteiger partial charge in [-0.15, -0.1) is 0 Å². The summed E-state index contributed by atoms with van der Waals surface area (Å²) in [7, 11) is 1.38. The van der Waals surface area contributed by atoms with Crippen molar-refractivity contribution in [1.82, 2.24) is 5.32 Å². The lowest BCUT2D eigenvalue weighted by atomic mass is 10.0. The van der Waals surface area contributed by atoms with Crippen LogP contribution in [0.25, 0.3) is 0 Å². The molecule has 0 saturated carbocycles. The first-order valence-electron chi connectivity index (χ1n) is 6.46. The molecule has 1 N–H and O–H groups in total. The third-order valence-corrected chi connectivity index (χ3v) is 3.21. The maximum atomic E-state index is 11.8. The molecule has 1 aromatic rings. The van der Waals surface area contributed by atoms with Crippen molar-refractivity contribution < 1.29 is 14.3 Å². The third kappa shape index (κ3) is 3.96. The van der Waals surface area contributed by atoms with Crippen LogP contribution in [0.15, 0.2) is 18.2 Å². The maximum Gasteiger partial charge on any atom is 0.329 e. The Morgan fingerprint density at radius 3 is 2.53 bits per heavy atom. The zero-order chi connectivity index (χ0) is 14.5. The summed E-state index contributed by atoms with van der Waals surface area (Å²) in [6, 6.07) is 5.89. The van der Waals surface area contributed by atoms with Crippen LogP contribution in [0.2, 0.25) is 0 Å². The van der Waals surface area contributed by atoms with Gasteiger partial charge in [0.2, 0.25) is 0 Å². The monoisotopic (exact) mass is 265 g/mol. The summed E-state index contributed by atoms with van der Waals surface area (Å²) in [5, 5.41) is 3.11. The van der Waals surface area contributed by atoms with Crippen LogP contribution in [0.3, 0.4) is 0 Å². The molecule has 0 aliphatic heterocycles. The van der Waals surface area contributed by atoms with Gasteiger partial charge in [-0.2, -0.15) is 0 Å². The molecule has 0 bridgehead atoms. The first-order chi connectivity index (χ1) is 8.92. The minimum Gasteiger partial charge on any atom is -0.491 e. The molecule has 0 spiro atoms. The maximum absolute atomic E-state index is 11.8. The fourth-order valence-corrected chi connectivity index (χ4v) is 1.83. The van der Waals surface area contributed by atoms with Crippen LogP contribution in [0.1, 0.15) is 25.0 Å². The van der Waals surface area contributed by atoms with Gasteiger partial charge in [0.15, 0.2) is 0 Å². The molecular formula is C15H23NO3. The summed E-state index contributed by atoms with van der Waals surface area (Å²) in [5.41, 5.74) is 1.55. The molecule has 4 heteroatoms. The molecule has 106 valence electrons. The van der Waals surface area contributed by atoms with E-state index in [9.17, 15) is 4.79 Å². The van der Waals surface area contributed by atoms with E-state index in [1.54, 1.807) is 6.92 Å². The third-order valence-electron chi connectivity index (χ3n) is 3.21. The SMILES string of the molecule is CCNC(C)(COc1ccc(C)c(C)c1)C(=O)OC. The van der Waals surface area contributed by atoms with Gasteiger partial charge in [0.25, 0.3) is 0 Å². The number of carbonyl (C=O) groups is 1. The van der Waals surface area contributed by atoms with E-state index in [1.807, 2.05) is 32.0 Å². The Labute approximate surface area is 115 Å². The number of esters is 1. The van der Waals surface area contributed by atoms with Crippen LogP contribution < -0.4 is 10.1 Å². The molecule has 19 heavy (non-hydrogen) atoms. The topological polar surface area (TPSA) is 47.6 Å². The fourth-order valence-electron chi connectivity index (χ4n) is 1.83. The van der Waals surface area contributed by atoms with Crippen molar-refractivity contribution in [2.45, 2.75) is 33.2 Å². The predicted molar refractivity (Wildman–Crippen MR) is 75.5 cm³/mol. The molecule has 0 saturated heterocycles. The largest absolute Gasteiger partial charge is 0.491 e. The van der Waals surface area contributed by atoms with Crippen molar-refractivity contribution in [3.05, 3.63) is 29.3 Å². The summed E-state index contributed by atoms with van der Waals surface area (Å²) >= 11 is 0. The zero-order valence-electron chi connectivity index (χ0n) is 12.4. The first-order valence-corrected chi connectivity index (χ1v) is 6.46. The van der Waals surface area contributed by atoms with Crippen molar-refractivity contribution in [2.24, 2.45) is 0 Å². The first kappa shape index (κ1) is 15.5. The van der Waals surface area contributed by atoms with E-state index in [4.69, 9.17) is 9.47 Å². The summed E-state index contributed by atoms with van der Waals surface area (Å²) in [6.07, 6.45) is 0. The van der Waals surface area contributed by atoms with Gasteiger partial charge in [0.1, 0.15) is 17.9 Å². The van der Waals surface area contributed by atoms with Gasteiger partial charge in [-0.3, -0.25) is 5.32 Å². The highest BCUT2D eigenvalue weighted by molar-refractivity contribution is 5.80. The second kappa shape index (κ2) is 6.57. The molecule has 0 fully saturated rings. The Morgan fingerprint density at radius 2 is 2.00 bits per heavy atom. The Hall–Kier alpha value is -1.55. The van der Waals surface area contributed by atoms with Crippen molar-refractivity contribution in [1.29, 1.82) is 0 Å². The quantitative estimate of drug-likeness (QED) is 0.801. The van der Waals surface area contributed by atoms with Gasteiger partial charge in [-0.25, -0.2) is 4.79 Å². The minimum atomic E-state index is -0.831. The van der Waals surface area contributed by atoms with Gasteiger partial charge in [-0.1, -0.05) is 13.0 Å². The van der Waals surface area contributed by atoms with E-state index in [0.29, 0.717) is 6.54 Å². The second-order valence-corrected chi connectivity index (χ2v) is 4.89. The number of carbonyl (C=O) groups excluding carboxylic acids is 1. The van der Waals surface area contributed by atoms with Crippen LogP contribution in [0.4, 0.5) is 0 Å². The fraction of sp³-hybridized carbons (Fsp3) is 0.533. The Morgan fingerprint density at radius 1 is 1.32 bits per heavy atom. The molecular weight excluding hydrogens is 242 g/mol. The summed E-state index contributed by atoms with van der Waals surface area (Å²) in [6.45, 7) is 8.71. The number of hydrogen-bond acceptors (Lipinski definition) is 4. The number of rotatable bonds is 6. The molecule has 1 atom stereocenters. The Balaban J connectivity index is 2.76. The van der Waals surface area contributed by atoms with Gasteiger partial charge in [0, 0.05) is 0 Å². The van der Waals surface area contributed by atoms with Gasteiger partial charge in [0.05, 0.1) is 7.11 Å². The van der Waals surface area contributed by atoms with Crippen LogP contribution >= 0.6 is 0 Å². The summed E-state index contributed by atoms with van der Waals surface area (Å²) < 4.78 is 10.5. The highest BCUT2D eigenvalue weighted by atomic mass is 16.5. The average molecular weight is 265 g/mol. The molecule has 0 radical (unpaired) electrons. The Bertz CT molecular complexity index is 445. The zero-order valence-corrected chi connectivity index (χ0v) is 12.4. The van der Waals surface area contributed by atoms with E-state index < -0.39 is 5.54 Å². The average Bonchev–Trinajstić information content (AvgIpc) is 2.39. The Kier molecular flexibility index (Phi) is 5.36. The summed E-state index contributed by atoms with van der Waals surface area (Å²) in [4.78, 5) is 11.8. The number of aryl methyl sites for hydroxylation is 2. The van der Waals surface area contributed by atoms with E-state index >= 15 is 0 Å². The molecule has 1 aromatic carbocycles. The number of nitrogens with one attached hydrogen (secondary N) is 1. The highest BCUT2D eigenvalue weighted by Crippen LogP contribution is 2.18. The molecule has 0 amide bonds. The smallest absolute Gasteiger partial charge is 0.329 e. The molecule has 0 aromatic heterocycles. The molecule has 0 aliphatic rings.